The molecule has 0 saturated heterocycles. The van der Waals surface area contributed by atoms with E-state index in [9.17, 15) is 5.11 Å². The fourth-order valence-corrected chi connectivity index (χ4v) is 4.13. The van der Waals surface area contributed by atoms with Crippen LogP contribution in [0.3, 0.4) is 0 Å². The highest BCUT2D eigenvalue weighted by molar-refractivity contribution is 6.33. The van der Waals surface area contributed by atoms with Crippen molar-refractivity contribution in [2.75, 3.05) is 0 Å². The predicted octanol–water partition coefficient (Wildman–Crippen LogP) is 6.17. The van der Waals surface area contributed by atoms with Gasteiger partial charge in [0, 0.05) is 5.56 Å². The zero-order valence-corrected chi connectivity index (χ0v) is 13.2. The van der Waals surface area contributed by atoms with Crippen LogP contribution in [0, 0.1) is 0 Å². The largest absolute Gasteiger partial charge is 0.508 e. The first kappa shape index (κ1) is 13.4. The average Bonchev–Trinajstić information content (AvgIpc) is 2.61. The third-order valence-corrected chi connectivity index (χ3v) is 5.06. The smallest absolute Gasteiger partial charge is 0.120 e. The topological polar surface area (TPSA) is 20.2 Å². The molecule has 0 heterocycles. The minimum Gasteiger partial charge on any atom is -0.508 e. The summed E-state index contributed by atoms with van der Waals surface area (Å²) in [7, 11) is 0. The molecule has 1 N–H and O–H groups in total. The maximum atomic E-state index is 10.6. The average molecular weight is 308 g/mol. The second-order valence-corrected chi connectivity index (χ2v) is 6.35. The molecule has 0 unspecified atom stereocenters. The Hall–Kier alpha value is -3.06. The van der Waals surface area contributed by atoms with Crippen molar-refractivity contribution in [2.24, 2.45) is 0 Å². The van der Waals surface area contributed by atoms with Crippen molar-refractivity contribution in [1.29, 1.82) is 0 Å². The second-order valence-electron chi connectivity index (χ2n) is 6.35. The van der Waals surface area contributed by atoms with Crippen molar-refractivity contribution in [3.63, 3.8) is 0 Å². The van der Waals surface area contributed by atoms with Gasteiger partial charge in [0.2, 0.25) is 0 Å². The Balaban J connectivity index is 2.23. The molecular weight excluding hydrogens is 292 g/mol. The second kappa shape index (κ2) is 4.72. The first-order chi connectivity index (χ1) is 11.8. The van der Waals surface area contributed by atoms with E-state index in [1.165, 1.54) is 32.3 Å². The van der Waals surface area contributed by atoms with Gasteiger partial charge < -0.3 is 5.11 Å². The number of phenols is 1. The molecule has 5 aromatic carbocycles. The summed E-state index contributed by atoms with van der Waals surface area (Å²) in [6.07, 6.45) is 2.52. The van der Waals surface area contributed by atoms with Crippen molar-refractivity contribution in [3.8, 4) is 5.75 Å². The molecule has 0 radical (unpaired) electrons. The maximum absolute atomic E-state index is 10.6. The Kier molecular flexibility index (Phi) is 2.63. The van der Waals surface area contributed by atoms with Gasteiger partial charge in [0.25, 0.3) is 0 Å². The molecule has 0 bridgehead atoms. The number of benzene rings is 5. The molecule has 0 fully saturated rings. The van der Waals surface area contributed by atoms with Crippen LogP contribution in [0.2, 0.25) is 0 Å². The Morgan fingerprint density at radius 1 is 0.750 bits per heavy atom. The summed E-state index contributed by atoms with van der Waals surface area (Å²) < 4.78 is 0. The molecule has 24 heavy (non-hydrogen) atoms. The van der Waals surface area contributed by atoms with Gasteiger partial charge in [-0.15, -0.1) is 6.58 Å². The molecule has 0 atom stereocenters. The third kappa shape index (κ3) is 1.59. The van der Waals surface area contributed by atoms with Gasteiger partial charge >= 0.3 is 0 Å². The van der Waals surface area contributed by atoms with E-state index in [-0.39, 0.29) is 0 Å². The van der Waals surface area contributed by atoms with Crippen LogP contribution in [0.15, 0.2) is 73.3 Å². The van der Waals surface area contributed by atoms with Gasteiger partial charge in [-0.25, -0.2) is 0 Å². The number of phenolic OH excluding ortho intramolecular Hbond substituents is 1. The van der Waals surface area contributed by atoms with E-state index in [2.05, 4.69) is 61.2 Å². The van der Waals surface area contributed by atoms with E-state index in [0.29, 0.717) is 12.2 Å². The van der Waals surface area contributed by atoms with Crippen molar-refractivity contribution in [1.82, 2.24) is 0 Å². The summed E-state index contributed by atoms with van der Waals surface area (Å²) in [4.78, 5) is 0. The van der Waals surface area contributed by atoms with Crippen molar-refractivity contribution in [3.05, 3.63) is 78.9 Å². The van der Waals surface area contributed by atoms with Gasteiger partial charge in [-0.05, 0) is 55.6 Å². The lowest BCUT2D eigenvalue weighted by molar-refractivity contribution is 0.471. The van der Waals surface area contributed by atoms with Crippen molar-refractivity contribution in [2.45, 2.75) is 6.42 Å². The number of hydrogen-bond donors (Lipinski definition) is 1. The van der Waals surface area contributed by atoms with Gasteiger partial charge in [-0.1, -0.05) is 60.7 Å². The molecule has 114 valence electrons. The van der Waals surface area contributed by atoms with E-state index in [0.717, 1.165) is 16.3 Å². The van der Waals surface area contributed by atoms with E-state index >= 15 is 0 Å². The summed E-state index contributed by atoms with van der Waals surface area (Å²) in [6.45, 7) is 3.88. The van der Waals surface area contributed by atoms with Crippen LogP contribution in [0.5, 0.6) is 5.75 Å². The summed E-state index contributed by atoms with van der Waals surface area (Å²) >= 11 is 0. The van der Waals surface area contributed by atoms with E-state index < -0.39 is 0 Å². The summed E-state index contributed by atoms with van der Waals surface area (Å²) in [5.74, 6) is 0.353. The number of fused-ring (bicyclic) bond motifs is 2. The Bertz CT molecular complexity index is 1240. The molecule has 5 rings (SSSR count). The number of allylic oxidation sites excluding steroid dienone is 1. The monoisotopic (exact) mass is 308 g/mol. The Morgan fingerprint density at radius 3 is 2.08 bits per heavy atom. The lowest BCUT2D eigenvalue weighted by Gasteiger charge is -2.17. The van der Waals surface area contributed by atoms with Crippen LogP contribution in [-0.2, 0) is 6.42 Å². The molecule has 0 spiro atoms. The van der Waals surface area contributed by atoms with Crippen LogP contribution < -0.4 is 0 Å². The van der Waals surface area contributed by atoms with Gasteiger partial charge in [0.05, 0.1) is 0 Å². The number of hydrogen-bond acceptors (Lipinski definition) is 1. The highest BCUT2D eigenvalue weighted by Gasteiger charge is 2.17. The summed E-state index contributed by atoms with van der Waals surface area (Å²) in [5.41, 5.74) is 0.965. The minimum absolute atomic E-state index is 0.353. The van der Waals surface area contributed by atoms with E-state index in [1.807, 2.05) is 12.1 Å². The zero-order valence-electron chi connectivity index (χ0n) is 13.2. The van der Waals surface area contributed by atoms with Gasteiger partial charge in [-0.3, -0.25) is 0 Å². The van der Waals surface area contributed by atoms with Gasteiger partial charge in [0.15, 0.2) is 0 Å². The highest BCUT2D eigenvalue weighted by atomic mass is 16.3. The highest BCUT2D eigenvalue weighted by Crippen LogP contribution is 2.44. The molecular formula is C23H16O. The molecule has 0 saturated carbocycles. The van der Waals surface area contributed by atoms with Crippen LogP contribution in [0.25, 0.3) is 43.1 Å². The standard InChI is InChI=1S/C23H16O/c1-2-6-18-20(24)13-15-9-5-11-17-16-10-3-7-14-8-4-12-19(21(14)16)23(18)22(15)17/h2-5,7-13,24H,1,6H2. The fraction of sp³-hybridized carbons (Fsp3) is 0.0435. The number of rotatable bonds is 2. The fourth-order valence-electron chi connectivity index (χ4n) is 4.13. The van der Waals surface area contributed by atoms with Crippen molar-refractivity contribution < 1.29 is 5.11 Å². The molecule has 1 nitrogen and oxygen atoms in total. The molecule has 1 heteroatoms. The first-order valence-corrected chi connectivity index (χ1v) is 8.20. The van der Waals surface area contributed by atoms with E-state index in [1.54, 1.807) is 0 Å². The molecule has 0 aliphatic heterocycles. The molecule has 0 amide bonds. The zero-order chi connectivity index (χ0) is 16.3. The Labute approximate surface area is 139 Å². The normalized spacial score (nSPS) is 11.8. The van der Waals surface area contributed by atoms with E-state index in [4.69, 9.17) is 0 Å². The Morgan fingerprint density at radius 2 is 1.38 bits per heavy atom. The van der Waals surface area contributed by atoms with Gasteiger partial charge in [0.1, 0.15) is 5.75 Å². The molecule has 0 aromatic heterocycles. The predicted molar refractivity (Wildman–Crippen MR) is 103 cm³/mol. The summed E-state index contributed by atoms with van der Waals surface area (Å²) in [6, 6.07) is 21.1. The lowest BCUT2D eigenvalue weighted by atomic mass is 9.86. The quantitative estimate of drug-likeness (QED) is 0.235. The SMILES string of the molecule is C=CCc1c(O)cc2cccc3c4cccc5cccc(c1c23)c54. The van der Waals surface area contributed by atoms with Crippen LogP contribution in [0.1, 0.15) is 5.56 Å². The van der Waals surface area contributed by atoms with Crippen LogP contribution >= 0.6 is 0 Å². The molecule has 0 aliphatic rings. The number of aromatic hydroxyl groups is 1. The molecule has 5 aromatic rings. The van der Waals surface area contributed by atoms with Crippen LogP contribution in [-0.4, -0.2) is 5.11 Å². The minimum atomic E-state index is 0.353. The molecule has 0 aliphatic carbocycles. The van der Waals surface area contributed by atoms with Crippen molar-refractivity contribution >= 4 is 43.1 Å². The first-order valence-electron chi connectivity index (χ1n) is 8.20. The summed E-state index contributed by atoms with van der Waals surface area (Å²) in [5, 5.41) is 20.3. The third-order valence-electron chi connectivity index (χ3n) is 5.06. The lowest BCUT2D eigenvalue weighted by Crippen LogP contribution is -1.92. The van der Waals surface area contributed by atoms with Gasteiger partial charge in [-0.2, -0.15) is 0 Å². The maximum Gasteiger partial charge on any atom is 0.120 e. The van der Waals surface area contributed by atoms with Crippen LogP contribution in [0.4, 0.5) is 0 Å².